The second kappa shape index (κ2) is 6.78. The zero-order chi connectivity index (χ0) is 16.9. The number of nitrogens with one attached hydrogen (secondary N) is 3. The summed E-state index contributed by atoms with van der Waals surface area (Å²) in [5.74, 6) is -0.227. The van der Waals surface area contributed by atoms with Crippen LogP contribution in [0.4, 0.5) is 5.69 Å². The van der Waals surface area contributed by atoms with Crippen molar-refractivity contribution in [1.29, 1.82) is 0 Å². The molecule has 0 aliphatic heterocycles. The number of benzene rings is 1. The Morgan fingerprint density at radius 3 is 2.83 bits per heavy atom. The fourth-order valence-electron chi connectivity index (χ4n) is 2.25. The van der Waals surface area contributed by atoms with Crippen LogP contribution in [0.2, 0.25) is 0 Å². The van der Waals surface area contributed by atoms with Crippen LogP contribution < -0.4 is 16.6 Å². The fourth-order valence-corrected chi connectivity index (χ4v) is 2.25. The number of aryl methyl sites for hydroxylation is 1. The van der Waals surface area contributed by atoms with Gasteiger partial charge in [-0.3, -0.25) is 19.7 Å². The zero-order valence-electron chi connectivity index (χ0n) is 12.7. The van der Waals surface area contributed by atoms with Crippen molar-refractivity contribution >= 4 is 11.6 Å². The molecule has 0 saturated heterocycles. The Kier molecular flexibility index (Phi) is 4.37. The van der Waals surface area contributed by atoms with E-state index in [0.29, 0.717) is 5.69 Å². The van der Waals surface area contributed by atoms with Crippen LogP contribution in [-0.4, -0.2) is 25.7 Å². The number of aromatic amines is 2. The molecule has 2 aromatic heterocycles. The lowest BCUT2D eigenvalue weighted by Crippen LogP contribution is -2.29. The van der Waals surface area contributed by atoms with E-state index in [4.69, 9.17) is 0 Å². The second-order valence-electron chi connectivity index (χ2n) is 5.15. The maximum Gasteiger partial charge on any atom is 0.328 e. The van der Waals surface area contributed by atoms with E-state index in [1.165, 1.54) is 16.8 Å². The van der Waals surface area contributed by atoms with Gasteiger partial charge >= 0.3 is 5.69 Å². The van der Waals surface area contributed by atoms with Crippen molar-refractivity contribution in [3.8, 4) is 11.3 Å². The van der Waals surface area contributed by atoms with Crippen molar-refractivity contribution in [3.63, 3.8) is 0 Å². The summed E-state index contributed by atoms with van der Waals surface area (Å²) in [5, 5.41) is 9.54. The van der Waals surface area contributed by atoms with Crippen molar-refractivity contribution < 1.29 is 4.79 Å². The number of hydrogen-bond donors (Lipinski definition) is 3. The molecule has 0 unspecified atom stereocenters. The summed E-state index contributed by atoms with van der Waals surface area (Å²) in [4.78, 5) is 36.7. The van der Waals surface area contributed by atoms with Crippen molar-refractivity contribution in [2.75, 3.05) is 5.32 Å². The Morgan fingerprint density at radius 2 is 2.08 bits per heavy atom. The van der Waals surface area contributed by atoms with Crippen LogP contribution in [0.15, 0.2) is 58.4 Å². The highest BCUT2D eigenvalue weighted by Crippen LogP contribution is 2.20. The first-order valence-corrected chi connectivity index (χ1v) is 7.31. The third kappa shape index (κ3) is 3.67. The molecule has 122 valence electrons. The highest BCUT2D eigenvalue weighted by Gasteiger charge is 2.06. The fraction of sp³-hybridized carbons (Fsp3) is 0.125. The quantitative estimate of drug-likeness (QED) is 0.648. The van der Waals surface area contributed by atoms with E-state index in [2.05, 4.69) is 20.5 Å². The molecular formula is C16H15N5O3. The molecule has 3 N–H and O–H groups in total. The first kappa shape index (κ1) is 15.5. The van der Waals surface area contributed by atoms with Gasteiger partial charge in [-0.1, -0.05) is 12.1 Å². The van der Waals surface area contributed by atoms with E-state index in [9.17, 15) is 14.4 Å². The van der Waals surface area contributed by atoms with Crippen molar-refractivity contribution in [1.82, 2.24) is 19.7 Å². The molecule has 2 heterocycles. The number of amides is 1. The molecule has 0 atom stereocenters. The maximum atomic E-state index is 12.0. The third-order valence-electron chi connectivity index (χ3n) is 3.43. The summed E-state index contributed by atoms with van der Waals surface area (Å²) in [6.07, 6.45) is 3.13. The molecule has 0 aliphatic rings. The highest BCUT2D eigenvalue weighted by molar-refractivity contribution is 5.91. The van der Waals surface area contributed by atoms with E-state index in [-0.39, 0.29) is 18.9 Å². The lowest BCUT2D eigenvalue weighted by atomic mass is 10.1. The lowest BCUT2D eigenvalue weighted by Gasteiger charge is -2.08. The molecule has 0 aliphatic carbocycles. The monoisotopic (exact) mass is 325 g/mol. The van der Waals surface area contributed by atoms with Gasteiger partial charge in [-0.05, 0) is 18.2 Å². The summed E-state index contributed by atoms with van der Waals surface area (Å²) in [6.45, 7) is 0.182. The topological polar surface area (TPSA) is 113 Å². The maximum absolute atomic E-state index is 12.0. The number of anilines is 1. The molecule has 0 fully saturated rings. The number of nitrogens with zero attached hydrogens (tertiary/aromatic N) is 2. The van der Waals surface area contributed by atoms with Gasteiger partial charge in [0.2, 0.25) is 5.91 Å². The van der Waals surface area contributed by atoms with Crippen LogP contribution in [-0.2, 0) is 11.3 Å². The Balaban J connectivity index is 1.64. The van der Waals surface area contributed by atoms with Gasteiger partial charge in [-0.2, -0.15) is 5.10 Å². The molecule has 0 radical (unpaired) electrons. The molecule has 24 heavy (non-hydrogen) atoms. The number of H-pyrrole nitrogens is 2. The molecule has 3 aromatic rings. The van der Waals surface area contributed by atoms with Crippen LogP contribution >= 0.6 is 0 Å². The molecule has 1 aromatic carbocycles. The van der Waals surface area contributed by atoms with Crippen molar-refractivity contribution in [3.05, 3.63) is 69.6 Å². The van der Waals surface area contributed by atoms with Gasteiger partial charge in [0, 0.05) is 42.7 Å². The van der Waals surface area contributed by atoms with Gasteiger partial charge in [0.05, 0.1) is 5.69 Å². The number of carbonyl (C=O) groups is 1. The lowest BCUT2D eigenvalue weighted by molar-refractivity contribution is -0.116. The van der Waals surface area contributed by atoms with E-state index >= 15 is 0 Å². The predicted octanol–water partition coefficient (Wildman–Crippen LogP) is 0.955. The van der Waals surface area contributed by atoms with E-state index < -0.39 is 11.2 Å². The second-order valence-corrected chi connectivity index (χ2v) is 5.15. The van der Waals surface area contributed by atoms with Gasteiger partial charge in [-0.15, -0.1) is 0 Å². The summed E-state index contributed by atoms with van der Waals surface area (Å²) in [7, 11) is 0. The number of carbonyl (C=O) groups excluding carboxylic acids is 1. The van der Waals surface area contributed by atoms with E-state index in [1.54, 1.807) is 12.3 Å². The Hall–Kier alpha value is -3.42. The third-order valence-corrected chi connectivity index (χ3v) is 3.43. The van der Waals surface area contributed by atoms with Gasteiger partial charge < -0.3 is 9.88 Å². The summed E-state index contributed by atoms with van der Waals surface area (Å²) in [6, 6.07) is 10.4. The van der Waals surface area contributed by atoms with Gasteiger partial charge in [0.15, 0.2) is 0 Å². The SMILES string of the molecule is O=C(CCn1ccc(=O)[nH]c1=O)Nc1cccc(-c2ccn[nH]2)c1. The molecule has 0 spiro atoms. The number of aromatic nitrogens is 4. The van der Waals surface area contributed by atoms with Crippen molar-refractivity contribution in [2.24, 2.45) is 0 Å². The average Bonchev–Trinajstić information content (AvgIpc) is 3.09. The van der Waals surface area contributed by atoms with Crippen LogP contribution in [0, 0.1) is 0 Å². The van der Waals surface area contributed by atoms with Gasteiger partial charge in [-0.25, -0.2) is 4.79 Å². The smallest absolute Gasteiger partial charge is 0.326 e. The minimum atomic E-state index is -0.531. The molecule has 0 bridgehead atoms. The zero-order valence-corrected chi connectivity index (χ0v) is 12.7. The Morgan fingerprint density at radius 1 is 1.21 bits per heavy atom. The summed E-state index contributed by atoms with van der Waals surface area (Å²) < 4.78 is 1.28. The average molecular weight is 325 g/mol. The Labute approximate surface area is 136 Å². The minimum Gasteiger partial charge on any atom is -0.326 e. The van der Waals surface area contributed by atoms with Crippen molar-refractivity contribution in [2.45, 2.75) is 13.0 Å². The van der Waals surface area contributed by atoms with Crippen LogP contribution in [0.5, 0.6) is 0 Å². The molecule has 8 heteroatoms. The molecule has 8 nitrogen and oxygen atoms in total. The first-order chi connectivity index (χ1) is 11.6. The normalized spacial score (nSPS) is 10.5. The largest absolute Gasteiger partial charge is 0.328 e. The standard InChI is InChI=1S/C16H15N5O3/c22-14(5-8-21-9-6-15(23)19-16(21)24)18-12-3-1-2-11(10-12)13-4-7-17-20-13/h1-4,6-7,9-10H,5,8H2,(H,17,20)(H,18,22)(H,19,23,24). The summed E-state index contributed by atoms with van der Waals surface area (Å²) >= 11 is 0. The van der Waals surface area contributed by atoms with Crippen LogP contribution in [0.1, 0.15) is 6.42 Å². The first-order valence-electron chi connectivity index (χ1n) is 7.31. The minimum absolute atomic E-state index is 0.111. The van der Waals surface area contributed by atoms with Gasteiger partial charge in [0.25, 0.3) is 5.56 Å². The molecule has 3 rings (SSSR count). The number of rotatable bonds is 5. The number of hydrogen-bond acceptors (Lipinski definition) is 4. The summed E-state index contributed by atoms with van der Waals surface area (Å²) in [5.41, 5.74) is 1.42. The predicted molar refractivity (Wildman–Crippen MR) is 88.6 cm³/mol. The molecule has 1 amide bonds. The van der Waals surface area contributed by atoms with Gasteiger partial charge in [0.1, 0.15) is 0 Å². The van der Waals surface area contributed by atoms with E-state index in [0.717, 1.165) is 11.3 Å². The Bertz CT molecular complexity index is 956. The molecular weight excluding hydrogens is 310 g/mol. The molecule has 0 saturated carbocycles. The van der Waals surface area contributed by atoms with E-state index in [1.807, 2.05) is 24.3 Å². The highest BCUT2D eigenvalue weighted by atomic mass is 16.2. The van der Waals surface area contributed by atoms with Crippen LogP contribution in [0.25, 0.3) is 11.3 Å². The van der Waals surface area contributed by atoms with Crippen LogP contribution in [0.3, 0.4) is 0 Å².